The first-order valence-electron chi connectivity index (χ1n) is 12.0. The Kier molecular flexibility index (Phi) is 7.48. The highest BCUT2D eigenvalue weighted by molar-refractivity contribution is 5.95. The lowest BCUT2D eigenvalue weighted by Crippen LogP contribution is -2.41. The summed E-state index contributed by atoms with van der Waals surface area (Å²) in [6, 6.07) is 8.05. The number of piperidine rings is 1. The van der Waals surface area contributed by atoms with Crippen LogP contribution in [0.3, 0.4) is 0 Å². The predicted molar refractivity (Wildman–Crippen MR) is 126 cm³/mol. The minimum atomic E-state index is -1.17. The number of aliphatic hydroxyl groups excluding tert-OH is 1. The van der Waals surface area contributed by atoms with E-state index in [1.165, 1.54) is 17.0 Å². The smallest absolute Gasteiger partial charge is 0.256 e. The second kappa shape index (κ2) is 10.4. The molecule has 2 aliphatic rings. The Bertz CT molecular complexity index is 986. The molecule has 0 spiro atoms. The van der Waals surface area contributed by atoms with Gasteiger partial charge in [0, 0.05) is 25.2 Å². The molecular formula is C26H33F2N3O3. The van der Waals surface area contributed by atoms with Crippen LogP contribution < -0.4 is 4.74 Å². The molecule has 1 aromatic carbocycles. The number of pyridine rings is 1. The Morgan fingerprint density at radius 1 is 1.18 bits per heavy atom. The minimum Gasteiger partial charge on any atom is -0.492 e. The number of nitrogens with zero attached hydrogens (tertiary/aromatic N) is 3. The summed E-state index contributed by atoms with van der Waals surface area (Å²) >= 11 is 0. The van der Waals surface area contributed by atoms with Crippen molar-refractivity contribution in [3.63, 3.8) is 0 Å². The van der Waals surface area contributed by atoms with Gasteiger partial charge in [0.25, 0.3) is 5.91 Å². The third-order valence-corrected chi connectivity index (χ3v) is 6.47. The Morgan fingerprint density at radius 2 is 1.94 bits per heavy atom. The van der Waals surface area contributed by atoms with Gasteiger partial charge in [0.05, 0.1) is 30.2 Å². The fourth-order valence-electron chi connectivity index (χ4n) is 4.64. The summed E-state index contributed by atoms with van der Waals surface area (Å²) in [5, 5.41) is 9.62. The van der Waals surface area contributed by atoms with Crippen molar-refractivity contribution in [3.05, 3.63) is 47.9 Å². The van der Waals surface area contributed by atoms with Crippen molar-refractivity contribution in [2.45, 2.75) is 44.9 Å². The number of aliphatic hydroxyl groups is 1. The van der Waals surface area contributed by atoms with E-state index < -0.39 is 23.5 Å². The normalized spacial score (nSPS) is 20.0. The number of amides is 1. The van der Waals surface area contributed by atoms with E-state index in [-0.39, 0.29) is 12.1 Å². The standard InChI is InChI=1S/C26H33F2N3O3/c1-26(2,28)17-30-10-7-18(8-11-30)16-34-21-4-6-24(29-14-21)19-3-5-22(23(27)13-19)25(33)31-12-9-20(32)15-31/h3-6,13-14,18,20,32H,7-12,15-17H2,1-2H3/t20-/m1/s1. The van der Waals surface area contributed by atoms with Gasteiger partial charge in [-0.3, -0.25) is 9.78 Å². The van der Waals surface area contributed by atoms with Crippen LogP contribution in [0.5, 0.6) is 5.75 Å². The summed E-state index contributed by atoms with van der Waals surface area (Å²) in [6.07, 6.45) is 3.54. The van der Waals surface area contributed by atoms with Gasteiger partial charge in [0.1, 0.15) is 17.2 Å². The molecule has 2 saturated heterocycles. The Labute approximate surface area is 199 Å². The van der Waals surface area contributed by atoms with Crippen molar-refractivity contribution in [1.82, 2.24) is 14.8 Å². The first-order chi connectivity index (χ1) is 16.2. The maximum atomic E-state index is 14.7. The topological polar surface area (TPSA) is 65.9 Å². The maximum Gasteiger partial charge on any atom is 0.256 e. The van der Waals surface area contributed by atoms with E-state index in [1.54, 1.807) is 32.2 Å². The van der Waals surface area contributed by atoms with Crippen LogP contribution in [0.15, 0.2) is 36.5 Å². The number of likely N-dealkylation sites (tertiary alicyclic amines) is 2. The van der Waals surface area contributed by atoms with E-state index in [4.69, 9.17) is 4.74 Å². The van der Waals surface area contributed by atoms with Crippen LogP contribution in [-0.4, -0.2) is 76.9 Å². The molecule has 4 rings (SSSR count). The zero-order chi connectivity index (χ0) is 24.3. The number of rotatable bonds is 7. The molecule has 3 heterocycles. The predicted octanol–water partition coefficient (Wildman–Crippen LogP) is 3.93. The Morgan fingerprint density at radius 3 is 2.53 bits per heavy atom. The van der Waals surface area contributed by atoms with Crippen LogP contribution in [0.25, 0.3) is 11.3 Å². The largest absolute Gasteiger partial charge is 0.492 e. The monoisotopic (exact) mass is 473 g/mol. The van der Waals surface area contributed by atoms with Gasteiger partial charge in [-0.2, -0.15) is 0 Å². The molecule has 1 aromatic heterocycles. The number of carbonyl (C=O) groups is 1. The highest BCUT2D eigenvalue weighted by atomic mass is 19.1. The summed E-state index contributed by atoms with van der Waals surface area (Å²) in [5.74, 6) is 0.0653. The molecular weight excluding hydrogens is 440 g/mol. The fraction of sp³-hybridized carbons (Fsp3) is 0.538. The van der Waals surface area contributed by atoms with Gasteiger partial charge < -0.3 is 19.6 Å². The molecule has 0 bridgehead atoms. The number of ether oxygens (including phenoxy) is 1. The molecule has 0 radical (unpaired) electrons. The van der Waals surface area contributed by atoms with Crippen LogP contribution >= 0.6 is 0 Å². The third-order valence-electron chi connectivity index (χ3n) is 6.47. The SMILES string of the molecule is CC(C)(F)CN1CCC(COc2ccc(-c3ccc(C(=O)N4CC[C@@H](O)C4)c(F)c3)nc2)CC1. The second-order valence-corrected chi connectivity index (χ2v) is 10.0. The molecule has 0 aliphatic carbocycles. The fourth-order valence-corrected chi connectivity index (χ4v) is 4.64. The van der Waals surface area contributed by atoms with Crippen molar-refractivity contribution < 1.29 is 23.4 Å². The molecule has 2 aromatic rings. The third kappa shape index (κ3) is 6.30. The van der Waals surface area contributed by atoms with Gasteiger partial charge in [0.15, 0.2) is 0 Å². The number of alkyl halides is 1. The molecule has 2 aliphatic heterocycles. The lowest BCUT2D eigenvalue weighted by Gasteiger charge is -2.34. The van der Waals surface area contributed by atoms with Crippen LogP contribution in [-0.2, 0) is 0 Å². The molecule has 1 atom stereocenters. The molecule has 0 saturated carbocycles. The second-order valence-electron chi connectivity index (χ2n) is 10.0. The maximum absolute atomic E-state index is 14.7. The van der Waals surface area contributed by atoms with Gasteiger partial charge in [-0.15, -0.1) is 0 Å². The van der Waals surface area contributed by atoms with Crippen LogP contribution in [0.1, 0.15) is 43.5 Å². The number of β-amino-alcohol motifs (C(OH)–C–C–N with tert-alkyl or cyclic N) is 1. The molecule has 2 fully saturated rings. The van der Waals surface area contributed by atoms with E-state index >= 15 is 0 Å². The van der Waals surface area contributed by atoms with Crippen LogP contribution in [0.4, 0.5) is 8.78 Å². The molecule has 1 N–H and O–H groups in total. The van der Waals surface area contributed by atoms with Crippen molar-refractivity contribution >= 4 is 5.91 Å². The molecule has 6 nitrogen and oxygen atoms in total. The zero-order valence-electron chi connectivity index (χ0n) is 19.8. The quantitative estimate of drug-likeness (QED) is 0.660. The van der Waals surface area contributed by atoms with Crippen molar-refractivity contribution in [1.29, 1.82) is 0 Å². The summed E-state index contributed by atoms with van der Waals surface area (Å²) in [7, 11) is 0. The Hall–Kier alpha value is -2.58. The van der Waals surface area contributed by atoms with Gasteiger partial charge in [-0.1, -0.05) is 6.07 Å². The summed E-state index contributed by atoms with van der Waals surface area (Å²) in [4.78, 5) is 20.5. The number of aromatic nitrogens is 1. The molecule has 8 heteroatoms. The highest BCUT2D eigenvalue weighted by Gasteiger charge is 2.27. The summed E-state index contributed by atoms with van der Waals surface area (Å²) in [5.41, 5.74) is -0.0133. The van der Waals surface area contributed by atoms with Crippen LogP contribution in [0.2, 0.25) is 0 Å². The summed E-state index contributed by atoms with van der Waals surface area (Å²) < 4.78 is 34.4. The van der Waals surface area contributed by atoms with Crippen molar-refractivity contribution in [2.75, 3.05) is 39.3 Å². The molecule has 0 unspecified atom stereocenters. The van der Waals surface area contributed by atoms with Gasteiger partial charge >= 0.3 is 0 Å². The van der Waals surface area contributed by atoms with Gasteiger partial charge in [0.2, 0.25) is 0 Å². The van der Waals surface area contributed by atoms with Gasteiger partial charge in [-0.05, 0) is 76.4 Å². The van der Waals surface area contributed by atoms with E-state index in [1.807, 2.05) is 6.07 Å². The van der Waals surface area contributed by atoms with Crippen LogP contribution in [0, 0.1) is 11.7 Å². The van der Waals surface area contributed by atoms with Crippen molar-refractivity contribution in [2.24, 2.45) is 5.92 Å². The van der Waals surface area contributed by atoms with Crippen molar-refractivity contribution in [3.8, 4) is 17.0 Å². The first-order valence-corrected chi connectivity index (χ1v) is 12.0. The average Bonchev–Trinajstić information content (AvgIpc) is 3.24. The number of carbonyl (C=O) groups excluding carboxylic acids is 1. The number of halogens is 2. The average molecular weight is 474 g/mol. The molecule has 184 valence electrons. The first kappa shape index (κ1) is 24.5. The lowest BCUT2D eigenvalue weighted by atomic mass is 9.97. The van der Waals surface area contributed by atoms with E-state index in [0.717, 1.165) is 25.9 Å². The number of hydrogen-bond donors (Lipinski definition) is 1. The van der Waals surface area contributed by atoms with Gasteiger partial charge in [-0.25, -0.2) is 8.78 Å². The molecule has 1 amide bonds. The zero-order valence-corrected chi connectivity index (χ0v) is 19.8. The summed E-state index contributed by atoms with van der Waals surface area (Å²) in [6.45, 7) is 6.69. The Balaban J connectivity index is 1.30. The van der Waals surface area contributed by atoms with E-state index in [0.29, 0.717) is 49.0 Å². The number of benzene rings is 1. The molecule has 34 heavy (non-hydrogen) atoms. The highest BCUT2D eigenvalue weighted by Crippen LogP contribution is 2.25. The number of hydrogen-bond acceptors (Lipinski definition) is 5. The van der Waals surface area contributed by atoms with E-state index in [9.17, 15) is 18.7 Å². The lowest BCUT2D eigenvalue weighted by molar-refractivity contribution is 0.0760. The van der Waals surface area contributed by atoms with E-state index in [2.05, 4.69) is 9.88 Å². The minimum absolute atomic E-state index is 0.000992.